The van der Waals surface area contributed by atoms with E-state index in [4.69, 9.17) is 14.5 Å². The highest BCUT2D eigenvalue weighted by Crippen LogP contribution is 2.40. The average Bonchev–Trinajstić information content (AvgIpc) is 3.60. The Hall–Kier alpha value is -3.04. The zero-order chi connectivity index (χ0) is 22.8. The van der Waals surface area contributed by atoms with Gasteiger partial charge in [0.05, 0.1) is 24.6 Å². The van der Waals surface area contributed by atoms with Crippen LogP contribution >= 0.6 is 0 Å². The van der Waals surface area contributed by atoms with E-state index in [2.05, 4.69) is 15.2 Å². The number of pyridine rings is 2. The van der Waals surface area contributed by atoms with E-state index >= 15 is 0 Å². The van der Waals surface area contributed by atoms with Gasteiger partial charge in [0, 0.05) is 44.0 Å². The van der Waals surface area contributed by atoms with E-state index in [0.717, 1.165) is 57.0 Å². The maximum absolute atomic E-state index is 13.7. The summed E-state index contributed by atoms with van der Waals surface area (Å²) in [4.78, 5) is 24.1. The number of anilines is 1. The van der Waals surface area contributed by atoms with Gasteiger partial charge in [-0.1, -0.05) is 6.07 Å². The summed E-state index contributed by atoms with van der Waals surface area (Å²) in [6, 6.07) is 6.63. The second-order valence-electron chi connectivity index (χ2n) is 8.58. The minimum atomic E-state index is -1.25. The van der Waals surface area contributed by atoms with Crippen LogP contribution in [0, 0.1) is 0 Å². The third-order valence-electron chi connectivity index (χ3n) is 6.00. The van der Waals surface area contributed by atoms with Gasteiger partial charge in [0.1, 0.15) is 35.6 Å². The number of nitrogens with one attached hydrogen (secondary N) is 1. The fourth-order valence-corrected chi connectivity index (χ4v) is 3.92. The molecule has 0 bridgehead atoms. The summed E-state index contributed by atoms with van der Waals surface area (Å²) >= 11 is 0. The Labute approximate surface area is 191 Å². The van der Waals surface area contributed by atoms with Crippen LogP contribution in [0.5, 0.6) is 5.75 Å². The van der Waals surface area contributed by atoms with Crippen molar-refractivity contribution in [2.45, 2.75) is 31.9 Å². The number of fused-ring (bicyclic) bond motifs is 1. The Balaban J connectivity index is 1.37. The van der Waals surface area contributed by atoms with Crippen LogP contribution in [-0.4, -0.2) is 64.6 Å². The van der Waals surface area contributed by atoms with E-state index in [1.807, 2.05) is 22.9 Å². The van der Waals surface area contributed by atoms with Gasteiger partial charge in [0.25, 0.3) is 5.91 Å². The van der Waals surface area contributed by atoms with E-state index < -0.39 is 12.1 Å². The summed E-state index contributed by atoms with van der Waals surface area (Å²) in [5.74, 6) is 0.646. The van der Waals surface area contributed by atoms with Gasteiger partial charge in [-0.2, -0.15) is 0 Å². The van der Waals surface area contributed by atoms with Gasteiger partial charge in [0.2, 0.25) is 0 Å². The molecule has 1 N–H and O–H groups in total. The molecule has 1 aliphatic carbocycles. The molecule has 1 unspecified atom stereocenters. The maximum Gasteiger partial charge on any atom is 0.274 e. The van der Waals surface area contributed by atoms with E-state index in [0.29, 0.717) is 24.0 Å². The predicted molar refractivity (Wildman–Crippen MR) is 122 cm³/mol. The Kier molecular flexibility index (Phi) is 6.24. The van der Waals surface area contributed by atoms with Gasteiger partial charge >= 0.3 is 0 Å². The molecule has 3 aromatic heterocycles. The number of carbonyl (C=O) groups excluding carboxylic acids is 1. The first-order valence-electron chi connectivity index (χ1n) is 11.4. The molecule has 1 aliphatic heterocycles. The van der Waals surface area contributed by atoms with Gasteiger partial charge in [-0.05, 0) is 31.9 Å². The van der Waals surface area contributed by atoms with Gasteiger partial charge in [-0.15, -0.1) is 0 Å². The first-order chi connectivity index (χ1) is 16.1. The number of nitrogens with zero attached hydrogens (tertiary/aromatic N) is 4. The number of imidazole rings is 1. The van der Waals surface area contributed by atoms with Crippen LogP contribution in [0.2, 0.25) is 0 Å². The number of alkyl halides is 1. The number of amides is 1. The van der Waals surface area contributed by atoms with E-state index in [9.17, 15) is 9.18 Å². The van der Waals surface area contributed by atoms with Gasteiger partial charge in [-0.3, -0.25) is 9.69 Å². The molecule has 0 aromatic carbocycles. The summed E-state index contributed by atoms with van der Waals surface area (Å²) in [5, 5.41) is 2.90. The predicted octanol–water partition coefficient (Wildman–Crippen LogP) is 3.60. The highest BCUT2D eigenvalue weighted by atomic mass is 19.1. The van der Waals surface area contributed by atoms with Crippen molar-refractivity contribution in [3.8, 4) is 5.75 Å². The van der Waals surface area contributed by atoms with Crippen molar-refractivity contribution in [3.63, 3.8) is 0 Å². The zero-order valence-corrected chi connectivity index (χ0v) is 18.7. The third kappa shape index (κ3) is 5.15. The number of morpholine rings is 1. The molecule has 1 amide bonds. The molecule has 8 nitrogen and oxygen atoms in total. The van der Waals surface area contributed by atoms with Crippen molar-refractivity contribution in [1.29, 1.82) is 0 Å². The standard InChI is InChI=1S/C24H28FN5O3/c1-16(25)18-3-2-4-19(26-18)24(31)28-21-15-30-14-20(17-5-6-17)27-23(30)13-22(21)33-12-9-29-7-10-32-11-8-29/h2-4,13-17H,5-12H2,1H3,(H,28,31). The number of hydrogen-bond acceptors (Lipinski definition) is 6. The molecule has 0 spiro atoms. The van der Waals surface area contributed by atoms with Crippen LogP contribution in [-0.2, 0) is 4.74 Å². The van der Waals surface area contributed by atoms with Crippen LogP contribution in [0.25, 0.3) is 5.65 Å². The first kappa shape index (κ1) is 21.8. The highest BCUT2D eigenvalue weighted by Gasteiger charge is 2.26. The number of aromatic nitrogens is 3. The summed E-state index contributed by atoms with van der Waals surface area (Å²) in [6.45, 7) is 5.86. The Bertz CT molecular complexity index is 1140. The molecule has 1 atom stereocenters. The van der Waals surface area contributed by atoms with E-state index in [1.54, 1.807) is 18.2 Å². The monoisotopic (exact) mass is 453 g/mol. The van der Waals surface area contributed by atoms with Crippen molar-refractivity contribution >= 4 is 17.2 Å². The number of hydrogen-bond donors (Lipinski definition) is 1. The zero-order valence-electron chi connectivity index (χ0n) is 18.7. The summed E-state index contributed by atoms with van der Waals surface area (Å²) in [5.41, 5.74) is 2.74. The molecule has 2 aliphatic rings. The molecule has 2 fully saturated rings. The van der Waals surface area contributed by atoms with E-state index in [-0.39, 0.29) is 11.4 Å². The number of carbonyl (C=O) groups is 1. The molecule has 33 heavy (non-hydrogen) atoms. The van der Waals surface area contributed by atoms with Crippen LogP contribution in [0.1, 0.15) is 53.7 Å². The lowest BCUT2D eigenvalue weighted by Gasteiger charge is -2.26. The fraction of sp³-hybridized carbons (Fsp3) is 0.458. The molecule has 9 heteroatoms. The number of rotatable bonds is 8. The molecular formula is C24H28FN5O3. The molecule has 3 aromatic rings. The summed E-state index contributed by atoms with van der Waals surface area (Å²) in [6.07, 6.45) is 4.89. The molecule has 174 valence electrons. The van der Waals surface area contributed by atoms with Gasteiger partial charge in [0.15, 0.2) is 0 Å². The average molecular weight is 454 g/mol. The largest absolute Gasteiger partial charge is 0.490 e. The molecule has 4 heterocycles. The summed E-state index contributed by atoms with van der Waals surface area (Å²) < 4.78 is 27.1. The van der Waals surface area contributed by atoms with Gasteiger partial charge in [-0.25, -0.2) is 14.4 Å². The normalized spacial score (nSPS) is 17.8. The lowest BCUT2D eigenvalue weighted by Crippen LogP contribution is -2.38. The van der Waals surface area contributed by atoms with Crippen LogP contribution in [0.4, 0.5) is 10.1 Å². The Morgan fingerprint density at radius 3 is 2.85 bits per heavy atom. The van der Waals surface area contributed by atoms with Gasteiger partial charge < -0.3 is 19.2 Å². The minimum absolute atomic E-state index is 0.153. The van der Waals surface area contributed by atoms with Crippen LogP contribution < -0.4 is 10.1 Å². The SMILES string of the molecule is CC(F)c1cccc(C(=O)Nc2cn3cc(C4CC4)nc3cc2OCCN2CCOCC2)n1. The molecule has 0 radical (unpaired) electrons. The fourth-order valence-electron chi connectivity index (χ4n) is 3.92. The van der Waals surface area contributed by atoms with Crippen molar-refractivity contribution in [2.24, 2.45) is 0 Å². The topological polar surface area (TPSA) is 81.0 Å². The quantitative estimate of drug-likeness (QED) is 0.561. The number of ether oxygens (including phenoxy) is 2. The molecule has 1 saturated heterocycles. The highest BCUT2D eigenvalue weighted by molar-refractivity contribution is 6.03. The molecular weight excluding hydrogens is 425 g/mol. The van der Waals surface area contributed by atoms with Crippen molar-refractivity contribution in [1.82, 2.24) is 19.3 Å². The van der Waals surface area contributed by atoms with Crippen molar-refractivity contribution < 1.29 is 18.7 Å². The molecule has 5 rings (SSSR count). The maximum atomic E-state index is 13.7. The third-order valence-corrected chi connectivity index (χ3v) is 6.00. The van der Waals surface area contributed by atoms with Crippen LogP contribution in [0.3, 0.4) is 0 Å². The minimum Gasteiger partial charge on any atom is -0.490 e. The first-order valence-corrected chi connectivity index (χ1v) is 11.4. The number of halogens is 1. The second kappa shape index (κ2) is 9.44. The lowest BCUT2D eigenvalue weighted by molar-refractivity contribution is 0.0323. The Morgan fingerprint density at radius 2 is 2.09 bits per heavy atom. The second-order valence-corrected chi connectivity index (χ2v) is 8.58. The van der Waals surface area contributed by atoms with E-state index in [1.165, 1.54) is 6.92 Å². The Morgan fingerprint density at radius 1 is 1.27 bits per heavy atom. The van der Waals surface area contributed by atoms with Crippen LogP contribution in [0.15, 0.2) is 36.7 Å². The van der Waals surface area contributed by atoms with Crippen molar-refractivity contribution in [3.05, 3.63) is 53.7 Å². The smallest absolute Gasteiger partial charge is 0.274 e. The van der Waals surface area contributed by atoms with Crippen molar-refractivity contribution in [2.75, 3.05) is 44.8 Å². The summed E-state index contributed by atoms with van der Waals surface area (Å²) in [7, 11) is 0. The lowest BCUT2D eigenvalue weighted by atomic mass is 10.2. The molecule has 1 saturated carbocycles.